The molecule has 0 radical (unpaired) electrons. The fraction of sp³-hybridized carbons (Fsp3) is 0.250. The number of para-hydroxylation sites is 3. The van der Waals surface area contributed by atoms with Crippen LogP contribution in [0.2, 0.25) is 0 Å². The van der Waals surface area contributed by atoms with Crippen LogP contribution >= 0.6 is 0 Å². The minimum Gasteiger partial charge on any atom is -0.488 e. The first-order valence-corrected chi connectivity index (χ1v) is 8.83. The Bertz CT molecular complexity index is 917. The molecule has 0 bridgehead atoms. The minimum absolute atomic E-state index is 0.0354. The van der Waals surface area contributed by atoms with Crippen molar-refractivity contribution in [3.8, 4) is 5.75 Å². The standard InChI is InChI=1S/C20H19N3O4/c24-20(16-13-15-5-1-4-8-19(15)27-14-16)22-11-9-21(10-12-22)17-6-2-3-7-18(17)23(25)26/h1-8,13H,9-12,14H2. The van der Waals surface area contributed by atoms with Crippen molar-refractivity contribution >= 4 is 23.4 Å². The summed E-state index contributed by atoms with van der Waals surface area (Å²) < 4.78 is 5.68. The van der Waals surface area contributed by atoms with Crippen LogP contribution in [0.25, 0.3) is 6.08 Å². The molecule has 0 saturated carbocycles. The van der Waals surface area contributed by atoms with Crippen molar-refractivity contribution in [2.75, 3.05) is 37.7 Å². The Morgan fingerprint density at radius 3 is 2.48 bits per heavy atom. The second kappa shape index (κ2) is 7.11. The third kappa shape index (κ3) is 3.36. The molecule has 0 aromatic heterocycles. The van der Waals surface area contributed by atoms with E-state index < -0.39 is 0 Å². The van der Waals surface area contributed by atoms with Gasteiger partial charge in [-0.25, -0.2) is 0 Å². The molecule has 0 N–H and O–H groups in total. The van der Waals surface area contributed by atoms with Crippen LogP contribution in [0.15, 0.2) is 54.1 Å². The van der Waals surface area contributed by atoms with Gasteiger partial charge in [-0.1, -0.05) is 30.3 Å². The summed E-state index contributed by atoms with van der Waals surface area (Å²) in [6, 6.07) is 14.3. The van der Waals surface area contributed by atoms with E-state index in [0.717, 1.165) is 11.3 Å². The van der Waals surface area contributed by atoms with Crippen LogP contribution < -0.4 is 9.64 Å². The van der Waals surface area contributed by atoms with Gasteiger partial charge in [-0.15, -0.1) is 0 Å². The quantitative estimate of drug-likeness (QED) is 0.617. The highest BCUT2D eigenvalue weighted by Gasteiger charge is 2.28. The van der Waals surface area contributed by atoms with Crippen LogP contribution in [0.3, 0.4) is 0 Å². The lowest BCUT2D eigenvalue weighted by Crippen LogP contribution is -2.49. The van der Waals surface area contributed by atoms with Gasteiger partial charge in [0.05, 0.1) is 10.5 Å². The average molecular weight is 365 g/mol. The van der Waals surface area contributed by atoms with Crippen LogP contribution in [-0.4, -0.2) is 48.5 Å². The maximum Gasteiger partial charge on any atom is 0.292 e. The molecule has 2 aromatic rings. The maximum atomic E-state index is 12.8. The Balaban J connectivity index is 1.45. The Morgan fingerprint density at radius 1 is 1.00 bits per heavy atom. The van der Waals surface area contributed by atoms with E-state index in [2.05, 4.69) is 0 Å². The van der Waals surface area contributed by atoms with E-state index in [9.17, 15) is 14.9 Å². The molecule has 7 heteroatoms. The molecule has 138 valence electrons. The third-order valence-corrected chi connectivity index (χ3v) is 4.89. The highest BCUT2D eigenvalue weighted by molar-refractivity contribution is 5.99. The lowest BCUT2D eigenvalue weighted by molar-refractivity contribution is -0.384. The average Bonchev–Trinajstić information content (AvgIpc) is 2.73. The summed E-state index contributed by atoms with van der Waals surface area (Å²) in [4.78, 5) is 27.5. The Morgan fingerprint density at radius 2 is 1.70 bits per heavy atom. The molecule has 2 aliphatic rings. The molecular formula is C20H19N3O4. The topological polar surface area (TPSA) is 75.9 Å². The number of hydrogen-bond acceptors (Lipinski definition) is 5. The summed E-state index contributed by atoms with van der Waals surface area (Å²) in [5.41, 5.74) is 2.24. The fourth-order valence-electron chi connectivity index (χ4n) is 3.48. The van der Waals surface area contributed by atoms with Gasteiger partial charge in [0.2, 0.25) is 0 Å². The molecule has 2 aromatic carbocycles. The number of fused-ring (bicyclic) bond motifs is 1. The first-order valence-electron chi connectivity index (χ1n) is 8.83. The number of carbonyl (C=O) groups excluding carboxylic acids is 1. The van der Waals surface area contributed by atoms with Gasteiger partial charge in [0.25, 0.3) is 11.6 Å². The highest BCUT2D eigenvalue weighted by atomic mass is 16.6. The second-order valence-corrected chi connectivity index (χ2v) is 6.52. The monoisotopic (exact) mass is 365 g/mol. The summed E-state index contributed by atoms with van der Waals surface area (Å²) in [7, 11) is 0. The number of anilines is 1. The van der Waals surface area contributed by atoms with E-state index in [-0.39, 0.29) is 23.1 Å². The predicted octanol–water partition coefficient (Wildman–Crippen LogP) is 2.72. The first-order chi connectivity index (χ1) is 13.1. The fourth-order valence-corrected chi connectivity index (χ4v) is 3.48. The molecule has 1 amide bonds. The molecule has 4 rings (SSSR count). The summed E-state index contributed by atoms with van der Waals surface area (Å²) >= 11 is 0. The van der Waals surface area contributed by atoms with Gasteiger partial charge in [0.15, 0.2) is 0 Å². The second-order valence-electron chi connectivity index (χ2n) is 6.52. The van der Waals surface area contributed by atoms with E-state index >= 15 is 0 Å². The number of piperazine rings is 1. The minimum atomic E-state index is -0.367. The van der Waals surface area contributed by atoms with Crippen molar-refractivity contribution in [1.82, 2.24) is 4.90 Å². The number of nitro groups is 1. The van der Waals surface area contributed by atoms with Crippen LogP contribution in [-0.2, 0) is 4.79 Å². The lowest BCUT2D eigenvalue weighted by Gasteiger charge is -2.36. The maximum absolute atomic E-state index is 12.8. The van der Waals surface area contributed by atoms with Gasteiger partial charge in [0.1, 0.15) is 18.0 Å². The SMILES string of the molecule is O=C(C1=Cc2ccccc2OC1)N1CCN(c2ccccc2[N+](=O)[O-])CC1. The number of ether oxygens (including phenoxy) is 1. The molecular weight excluding hydrogens is 346 g/mol. The Kier molecular flexibility index (Phi) is 4.50. The van der Waals surface area contributed by atoms with Gasteiger partial charge in [0, 0.05) is 37.8 Å². The largest absolute Gasteiger partial charge is 0.488 e. The summed E-state index contributed by atoms with van der Waals surface area (Å²) in [5.74, 6) is 0.752. The first kappa shape index (κ1) is 17.1. The summed E-state index contributed by atoms with van der Waals surface area (Å²) in [6.45, 7) is 2.41. The zero-order valence-corrected chi connectivity index (χ0v) is 14.7. The number of nitrogens with zero attached hydrogens (tertiary/aromatic N) is 3. The van der Waals surface area contributed by atoms with E-state index in [4.69, 9.17) is 4.74 Å². The van der Waals surface area contributed by atoms with E-state index in [0.29, 0.717) is 37.4 Å². The molecule has 2 heterocycles. The van der Waals surface area contributed by atoms with E-state index in [1.165, 1.54) is 6.07 Å². The number of amides is 1. The van der Waals surface area contributed by atoms with Crippen molar-refractivity contribution in [3.63, 3.8) is 0 Å². The van der Waals surface area contributed by atoms with Crippen LogP contribution in [0.1, 0.15) is 5.56 Å². The van der Waals surface area contributed by atoms with Crippen LogP contribution in [0.4, 0.5) is 11.4 Å². The molecule has 1 fully saturated rings. The highest BCUT2D eigenvalue weighted by Crippen LogP contribution is 2.29. The van der Waals surface area contributed by atoms with Crippen molar-refractivity contribution < 1.29 is 14.5 Å². The number of rotatable bonds is 3. The van der Waals surface area contributed by atoms with Crippen molar-refractivity contribution in [2.45, 2.75) is 0 Å². The Hall–Kier alpha value is -3.35. The predicted molar refractivity (Wildman–Crippen MR) is 102 cm³/mol. The zero-order chi connectivity index (χ0) is 18.8. The van der Waals surface area contributed by atoms with Crippen molar-refractivity contribution in [3.05, 3.63) is 69.8 Å². The normalized spacial score (nSPS) is 16.2. The third-order valence-electron chi connectivity index (χ3n) is 4.89. The molecule has 2 aliphatic heterocycles. The molecule has 1 saturated heterocycles. The Labute approximate surface area is 156 Å². The summed E-state index contributed by atoms with van der Waals surface area (Å²) in [6.07, 6.45) is 1.88. The van der Waals surface area contributed by atoms with E-state index in [1.807, 2.05) is 35.2 Å². The zero-order valence-electron chi connectivity index (χ0n) is 14.7. The van der Waals surface area contributed by atoms with Gasteiger partial charge in [-0.05, 0) is 18.2 Å². The number of hydrogen-bond donors (Lipinski definition) is 0. The van der Waals surface area contributed by atoms with Crippen LogP contribution in [0, 0.1) is 10.1 Å². The molecule has 7 nitrogen and oxygen atoms in total. The lowest BCUT2D eigenvalue weighted by atomic mass is 10.1. The number of carbonyl (C=O) groups is 1. The smallest absolute Gasteiger partial charge is 0.292 e. The molecule has 0 aliphatic carbocycles. The van der Waals surface area contributed by atoms with Crippen molar-refractivity contribution in [2.24, 2.45) is 0 Å². The molecule has 0 unspecified atom stereocenters. The van der Waals surface area contributed by atoms with Gasteiger partial charge in [-0.3, -0.25) is 14.9 Å². The van der Waals surface area contributed by atoms with Crippen molar-refractivity contribution in [1.29, 1.82) is 0 Å². The van der Waals surface area contributed by atoms with Crippen LogP contribution in [0.5, 0.6) is 5.75 Å². The van der Waals surface area contributed by atoms with Gasteiger partial charge >= 0.3 is 0 Å². The summed E-state index contributed by atoms with van der Waals surface area (Å²) in [5, 5.41) is 11.2. The molecule has 27 heavy (non-hydrogen) atoms. The van der Waals surface area contributed by atoms with Gasteiger partial charge < -0.3 is 14.5 Å². The number of nitro benzene ring substituents is 1. The van der Waals surface area contributed by atoms with Gasteiger partial charge in [-0.2, -0.15) is 0 Å². The molecule has 0 atom stereocenters. The number of benzene rings is 2. The van der Waals surface area contributed by atoms with E-state index in [1.54, 1.807) is 23.1 Å². The molecule has 0 spiro atoms.